The van der Waals surface area contributed by atoms with Gasteiger partial charge in [-0.3, -0.25) is 0 Å². The Morgan fingerprint density at radius 2 is 1.28 bits per heavy atom. The third kappa shape index (κ3) is 4.89. The van der Waals surface area contributed by atoms with Crippen LogP contribution in [0.15, 0.2) is 36.4 Å². The number of nitrogens with one attached hydrogen (secondary N) is 1. The van der Waals surface area contributed by atoms with Crippen molar-refractivity contribution in [2.24, 2.45) is 0 Å². The van der Waals surface area contributed by atoms with Gasteiger partial charge < -0.3 is 19.5 Å². The van der Waals surface area contributed by atoms with E-state index >= 15 is 0 Å². The van der Waals surface area contributed by atoms with Crippen LogP contribution in [0.25, 0.3) is 0 Å². The fraction of sp³-hybridized carbons (Fsp3) is 0.429. The molecule has 0 unspecified atom stereocenters. The van der Waals surface area contributed by atoms with Crippen molar-refractivity contribution in [3.63, 3.8) is 0 Å². The largest absolute Gasteiger partial charge is 0.493 e. The Balaban J connectivity index is 2.02. The summed E-state index contributed by atoms with van der Waals surface area (Å²) in [5.41, 5.74) is 3.88. The lowest BCUT2D eigenvalue weighted by Crippen LogP contribution is -2.14. The molecule has 0 radical (unpaired) electrons. The minimum atomic E-state index is 0.183. The van der Waals surface area contributed by atoms with Crippen LogP contribution in [-0.2, 0) is 18.5 Å². The van der Waals surface area contributed by atoms with E-state index in [4.69, 9.17) is 14.2 Å². The van der Waals surface area contributed by atoms with Crippen LogP contribution >= 0.6 is 0 Å². The lowest BCUT2D eigenvalue weighted by molar-refractivity contribution is 0.323. The van der Waals surface area contributed by atoms with E-state index < -0.39 is 0 Å². The Kier molecular flexibility index (Phi) is 6.32. The van der Waals surface area contributed by atoms with E-state index in [0.29, 0.717) is 17.2 Å². The van der Waals surface area contributed by atoms with Gasteiger partial charge in [0.25, 0.3) is 0 Å². The first kappa shape index (κ1) is 19.1. The van der Waals surface area contributed by atoms with Gasteiger partial charge in [0.15, 0.2) is 11.5 Å². The van der Waals surface area contributed by atoms with Crippen molar-refractivity contribution < 1.29 is 14.2 Å². The molecule has 0 saturated carbocycles. The van der Waals surface area contributed by atoms with Gasteiger partial charge in [0.2, 0.25) is 5.75 Å². The Morgan fingerprint density at radius 1 is 0.760 bits per heavy atom. The molecule has 0 heterocycles. The summed E-state index contributed by atoms with van der Waals surface area (Å²) >= 11 is 0. The number of ether oxygens (including phenoxy) is 3. The molecular weight excluding hydrogens is 314 g/mol. The molecule has 0 amide bonds. The SMILES string of the molecule is COc1cc(CNCc2ccc(C(C)(C)C)cc2)cc(OC)c1OC. The highest BCUT2D eigenvalue weighted by atomic mass is 16.5. The zero-order chi connectivity index (χ0) is 18.4. The topological polar surface area (TPSA) is 39.7 Å². The fourth-order valence-corrected chi connectivity index (χ4v) is 2.71. The first-order valence-corrected chi connectivity index (χ1v) is 8.48. The third-order valence-electron chi connectivity index (χ3n) is 4.20. The fourth-order valence-electron chi connectivity index (χ4n) is 2.71. The van der Waals surface area contributed by atoms with Crippen LogP contribution in [0.5, 0.6) is 17.2 Å². The Morgan fingerprint density at radius 3 is 1.72 bits per heavy atom. The van der Waals surface area contributed by atoms with E-state index in [9.17, 15) is 0 Å². The van der Waals surface area contributed by atoms with Crippen LogP contribution in [0.2, 0.25) is 0 Å². The highest BCUT2D eigenvalue weighted by Gasteiger charge is 2.14. The molecule has 0 aliphatic carbocycles. The number of methoxy groups -OCH3 is 3. The molecule has 2 aromatic carbocycles. The van der Waals surface area contributed by atoms with Gasteiger partial charge >= 0.3 is 0 Å². The summed E-state index contributed by atoms with van der Waals surface area (Å²) in [6.07, 6.45) is 0. The molecular formula is C21H29NO3. The molecule has 136 valence electrons. The highest BCUT2D eigenvalue weighted by molar-refractivity contribution is 5.53. The standard InChI is InChI=1S/C21H29NO3/c1-21(2,3)17-9-7-15(8-10-17)13-22-14-16-11-18(23-4)20(25-6)19(12-16)24-5/h7-12,22H,13-14H2,1-6H3. The van der Waals surface area contributed by atoms with Crippen LogP contribution in [-0.4, -0.2) is 21.3 Å². The van der Waals surface area contributed by atoms with Gasteiger partial charge in [-0.2, -0.15) is 0 Å². The normalized spacial score (nSPS) is 11.3. The smallest absolute Gasteiger partial charge is 0.203 e. The van der Waals surface area contributed by atoms with Gasteiger partial charge in [0.05, 0.1) is 21.3 Å². The third-order valence-corrected chi connectivity index (χ3v) is 4.20. The molecule has 0 saturated heterocycles. The minimum absolute atomic E-state index is 0.183. The summed E-state index contributed by atoms with van der Waals surface area (Å²) in [5.74, 6) is 1.97. The molecule has 0 spiro atoms. The zero-order valence-corrected chi connectivity index (χ0v) is 16.1. The van der Waals surface area contributed by atoms with E-state index in [1.165, 1.54) is 11.1 Å². The van der Waals surface area contributed by atoms with Crippen LogP contribution in [0.3, 0.4) is 0 Å². The van der Waals surface area contributed by atoms with Crippen molar-refractivity contribution >= 4 is 0 Å². The van der Waals surface area contributed by atoms with Crippen LogP contribution < -0.4 is 19.5 Å². The summed E-state index contributed by atoms with van der Waals surface area (Å²) in [6.45, 7) is 8.21. The minimum Gasteiger partial charge on any atom is -0.493 e. The number of hydrogen-bond donors (Lipinski definition) is 1. The van der Waals surface area contributed by atoms with Gasteiger partial charge in [-0.25, -0.2) is 0 Å². The van der Waals surface area contributed by atoms with Crippen molar-refractivity contribution in [1.29, 1.82) is 0 Å². The van der Waals surface area contributed by atoms with E-state index in [2.05, 4.69) is 50.4 Å². The molecule has 0 fully saturated rings. The second-order valence-electron chi connectivity index (χ2n) is 7.08. The quantitative estimate of drug-likeness (QED) is 0.814. The van der Waals surface area contributed by atoms with Crippen molar-refractivity contribution in [1.82, 2.24) is 5.32 Å². The van der Waals surface area contributed by atoms with Crippen LogP contribution in [0, 0.1) is 0 Å². The van der Waals surface area contributed by atoms with Crippen LogP contribution in [0.1, 0.15) is 37.5 Å². The summed E-state index contributed by atoms with van der Waals surface area (Å²) in [5, 5.41) is 3.46. The zero-order valence-electron chi connectivity index (χ0n) is 16.1. The van der Waals surface area contributed by atoms with E-state index in [-0.39, 0.29) is 5.41 Å². The highest BCUT2D eigenvalue weighted by Crippen LogP contribution is 2.38. The second-order valence-corrected chi connectivity index (χ2v) is 7.08. The monoisotopic (exact) mass is 343 g/mol. The molecule has 0 aliphatic rings. The molecule has 0 aliphatic heterocycles. The predicted octanol–water partition coefficient (Wildman–Crippen LogP) is 4.30. The molecule has 0 atom stereocenters. The molecule has 4 nitrogen and oxygen atoms in total. The lowest BCUT2D eigenvalue weighted by atomic mass is 9.87. The number of benzene rings is 2. The van der Waals surface area contributed by atoms with Gasteiger partial charge in [-0.1, -0.05) is 45.0 Å². The first-order chi connectivity index (χ1) is 11.9. The average Bonchev–Trinajstić information content (AvgIpc) is 2.60. The summed E-state index contributed by atoms with van der Waals surface area (Å²) in [6, 6.07) is 12.7. The molecule has 2 aromatic rings. The maximum absolute atomic E-state index is 5.40. The number of hydrogen-bond acceptors (Lipinski definition) is 4. The molecule has 0 aromatic heterocycles. The van der Waals surface area contributed by atoms with Crippen molar-refractivity contribution in [2.75, 3.05) is 21.3 Å². The Labute approximate surface area is 151 Å². The molecule has 25 heavy (non-hydrogen) atoms. The average molecular weight is 343 g/mol. The maximum Gasteiger partial charge on any atom is 0.203 e. The van der Waals surface area contributed by atoms with E-state index in [1.807, 2.05) is 12.1 Å². The number of rotatable bonds is 7. The Bertz CT molecular complexity index is 662. The summed E-state index contributed by atoms with van der Waals surface area (Å²) in [4.78, 5) is 0. The summed E-state index contributed by atoms with van der Waals surface area (Å²) in [7, 11) is 4.87. The van der Waals surface area contributed by atoms with Crippen molar-refractivity contribution in [2.45, 2.75) is 39.3 Å². The van der Waals surface area contributed by atoms with E-state index in [0.717, 1.165) is 18.7 Å². The van der Waals surface area contributed by atoms with Gasteiger partial charge in [0, 0.05) is 13.1 Å². The molecule has 2 rings (SSSR count). The van der Waals surface area contributed by atoms with E-state index in [1.54, 1.807) is 21.3 Å². The molecule has 4 heteroatoms. The van der Waals surface area contributed by atoms with Gasteiger partial charge in [-0.05, 0) is 34.2 Å². The predicted molar refractivity (Wildman–Crippen MR) is 102 cm³/mol. The van der Waals surface area contributed by atoms with Gasteiger partial charge in [-0.15, -0.1) is 0 Å². The maximum atomic E-state index is 5.40. The van der Waals surface area contributed by atoms with Gasteiger partial charge in [0.1, 0.15) is 0 Å². The summed E-state index contributed by atoms with van der Waals surface area (Å²) < 4.78 is 16.1. The molecule has 0 bridgehead atoms. The Hall–Kier alpha value is -2.20. The first-order valence-electron chi connectivity index (χ1n) is 8.48. The second kappa shape index (κ2) is 8.26. The van der Waals surface area contributed by atoms with Crippen molar-refractivity contribution in [3.05, 3.63) is 53.1 Å². The lowest BCUT2D eigenvalue weighted by Gasteiger charge is -2.19. The molecule has 1 N–H and O–H groups in total. The van der Waals surface area contributed by atoms with Crippen molar-refractivity contribution in [3.8, 4) is 17.2 Å². The van der Waals surface area contributed by atoms with Crippen LogP contribution in [0.4, 0.5) is 0 Å².